The zero-order valence-electron chi connectivity index (χ0n) is 21.8. The molecule has 0 fully saturated rings. The third-order valence-electron chi connectivity index (χ3n) is 5.42. The van der Waals surface area contributed by atoms with Crippen LogP contribution in [0.3, 0.4) is 0 Å². The van der Waals surface area contributed by atoms with Gasteiger partial charge in [-0.2, -0.15) is 0 Å². The molecule has 0 amide bonds. The molecule has 0 spiro atoms. The molecule has 1 aromatic heterocycles. The maximum absolute atomic E-state index is 8.56. The van der Waals surface area contributed by atoms with Crippen LogP contribution in [-0.2, 0) is 20.1 Å². The molecule has 191 valence electrons. The number of nitrogens with zero attached hydrogens (tertiary/aromatic N) is 2. The van der Waals surface area contributed by atoms with Crippen LogP contribution in [0.1, 0.15) is 42.5 Å². The van der Waals surface area contributed by atoms with Crippen LogP contribution < -0.4 is 0 Å². The number of benzene rings is 3. The molecule has 0 saturated carbocycles. The largest absolute Gasteiger partial charge is 0.393 e. The van der Waals surface area contributed by atoms with Crippen LogP contribution in [0.25, 0.3) is 33.8 Å². The van der Waals surface area contributed by atoms with Gasteiger partial charge in [-0.05, 0) is 39.7 Å². The number of rotatable bonds is 5. The Balaban J connectivity index is 0.000000503. The second-order valence-electron chi connectivity index (χ2n) is 9.38. The number of hydrogen-bond donors (Lipinski definition) is 2. The molecule has 36 heavy (non-hydrogen) atoms. The van der Waals surface area contributed by atoms with Gasteiger partial charge in [0.2, 0.25) is 0 Å². The monoisotopic (exact) mass is 660 g/mol. The summed E-state index contributed by atoms with van der Waals surface area (Å²) in [5.41, 5.74) is 10.5. The Morgan fingerprint density at radius 3 is 1.86 bits per heavy atom. The van der Waals surface area contributed by atoms with E-state index >= 15 is 0 Å². The molecule has 0 aliphatic heterocycles. The van der Waals surface area contributed by atoms with Crippen LogP contribution in [-0.4, -0.2) is 32.4 Å². The zero-order chi connectivity index (χ0) is 25.5. The van der Waals surface area contributed by atoms with Crippen LogP contribution in [0.2, 0.25) is 0 Å². The molecule has 0 aliphatic rings. The van der Waals surface area contributed by atoms with E-state index in [-0.39, 0.29) is 32.3 Å². The molecule has 0 saturated heterocycles. The number of hydrogen-bond acceptors (Lipinski definition) is 4. The van der Waals surface area contributed by atoms with Gasteiger partial charge >= 0.3 is 0 Å². The van der Waals surface area contributed by atoms with E-state index in [1.807, 2.05) is 24.4 Å². The van der Waals surface area contributed by atoms with Crippen molar-refractivity contribution in [3.8, 4) is 33.8 Å². The third-order valence-corrected chi connectivity index (χ3v) is 5.42. The molecule has 2 atom stereocenters. The Labute approximate surface area is 228 Å². The number of aromatic nitrogens is 2. The Bertz CT molecular complexity index is 1220. The number of aliphatic hydroxyl groups is 2. The van der Waals surface area contributed by atoms with Crippen molar-refractivity contribution in [2.45, 2.75) is 60.2 Å². The van der Waals surface area contributed by atoms with Gasteiger partial charge in [0.15, 0.2) is 0 Å². The number of aliphatic hydroxyl groups excluding tert-OH is 2. The molecule has 5 heteroatoms. The zero-order valence-corrected chi connectivity index (χ0v) is 24.2. The molecule has 0 aliphatic carbocycles. The topological polar surface area (TPSA) is 66.2 Å². The minimum absolute atomic E-state index is 0. The first kappa shape index (κ1) is 29.5. The van der Waals surface area contributed by atoms with Gasteiger partial charge in [-0.1, -0.05) is 73.5 Å². The Hall–Kier alpha value is -2.69. The van der Waals surface area contributed by atoms with E-state index in [1.54, 1.807) is 13.8 Å². The van der Waals surface area contributed by atoms with Crippen LogP contribution >= 0.6 is 0 Å². The molecular formula is C31H35IrN2O2-. The maximum atomic E-state index is 8.56. The summed E-state index contributed by atoms with van der Waals surface area (Å²) in [7, 11) is 0. The van der Waals surface area contributed by atoms with E-state index in [0.29, 0.717) is 6.42 Å². The molecule has 3 aromatic carbocycles. The predicted octanol–water partition coefficient (Wildman–Crippen LogP) is 6.65. The molecular weight excluding hydrogens is 625 g/mol. The van der Waals surface area contributed by atoms with Crippen molar-refractivity contribution in [2.24, 2.45) is 0 Å². The molecule has 2 N–H and O–H groups in total. The minimum atomic E-state index is -0.375. The van der Waals surface area contributed by atoms with E-state index in [2.05, 4.69) is 76.2 Å². The van der Waals surface area contributed by atoms with Crippen molar-refractivity contribution in [1.29, 1.82) is 0 Å². The first-order valence-electron chi connectivity index (χ1n) is 12.0. The van der Waals surface area contributed by atoms with Crippen molar-refractivity contribution < 1.29 is 30.3 Å². The second kappa shape index (κ2) is 13.6. The molecule has 1 heterocycles. The fraction of sp³-hybridized carbons (Fsp3) is 0.290. The van der Waals surface area contributed by atoms with Gasteiger partial charge in [-0.15, -0.1) is 34.9 Å². The minimum Gasteiger partial charge on any atom is -0.393 e. The van der Waals surface area contributed by atoms with Gasteiger partial charge in [0.05, 0.1) is 23.6 Å². The van der Waals surface area contributed by atoms with E-state index in [4.69, 9.17) is 20.2 Å². The third kappa shape index (κ3) is 8.46. The summed E-state index contributed by atoms with van der Waals surface area (Å²) in [6.07, 6.45) is 1.59. The number of aryl methyl sites for hydroxylation is 4. The summed E-state index contributed by atoms with van der Waals surface area (Å²) < 4.78 is 0. The summed E-state index contributed by atoms with van der Waals surface area (Å²) in [4.78, 5) is 9.90. The van der Waals surface area contributed by atoms with Gasteiger partial charge in [0.1, 0.15) is 0 Å². The average Bonchev–Trinajstić information content (AvgIpc) is 2.77. The van der Waals surface area contributed by atoms with Gasteiger partial charge < -0.3 is 15.2 Å². The summed E-state index contributed by atoms with van der Waals surface area (Å²) in [6, 6.07) is 24.5. The second-order valence-corrected chi connectivity index (χ2v) is 9.38. The van der Waals surface area contributed by atoms with Crippen molar-refractivity contribution in [1.82, 2.24) is 9.97 Å². The van der Waals surface area contributed by atoms with Crippen molar-refractivity contribution in [2.75, 3.05) is 0 Å². The summed E-state index contributed by atoms with van der Waals surface area (Å²) in [5.74, 6) is 0. The Morgan fingerprint density at radius 2 is 1.33 bits per heavy atom. The maximum Gasteiger partial charge on any atom is 0.0873 e. The fourth-order valence-electron chi connectivity index (χ4n) is 4.16. The summed E-state index contributed by atoms with van der Waals surface area (Å²) in [5, 5.41) is 17.1. The van der Waals surface area contributed by atoms with E-state index < -0.39 is 0 Å². The standard InChI is InChI=1S/C26H23N2.C5H12O2.Ir/c1-17-10-18(2)13-22(12-17)25-26(23-14-19(3)11-20(4)15-23)28-24(16-27-25)21-8-6-5-7-9-21;1-4(6)3-5(2)7;/h5-12,14-16H,1-4H3;4-7H,3H2,1-2H3;/q-1;;. The molecule has 2 unspecified atom stereocenters. The van der Waals surface area contributed by atoms with Crippen LogP contribution in [0.4, 0.5) is 0 Å². The van der Waals surface area contributed by atoms with Crippen molar-refractivity contribution in [3.05, 3.63) is 95.2 Å². The average molecular weight is 660 g/mol. The van der Waals surface area contributed by atoms with Gasteiger partial charge in [-0.3, -0.25) is 4.98 Å². The SMILES string of the molecule is CC(O)CC(C)O.Cc1[c-]c(-c2ncc(-c3ccccc3)nc2-c2cc(C)cc(C)c2)cc(C)c1.[Ir]. The van der Waals surface area contributed by atoms with Crippen molar-refractivity contribution >= 4 is 0 Å². The Morgan fingerprint density at radius 1 is 0.750 bits per heavy atom. The summed E-state index contributed by atoms with van der Waals surface area (Å²) >= 11 is 0. The smallest absolute Gasteiger partial charge is 0.0873 e. The molecule has 1 radical (unpaired) electrons. The van der Waals surface area contributed by atoms with E-state index in [9.17, 15) is 0 Å². The first-order valence-corrected chi connectivity index (χ1v) is 12.0. The quantitative estimate of drug-likeness (QED) is 0.236. The summed E-state index contributed by atoms with van der Waals surface area (Å²) in [6.45, 7) is 11.7. The molecule has 0 bridgehead atoms. The molecule has 4 aromatic rings. The molecule has 4 nitrogen and oxygen atoms in total. The predicted molar refractivity (Wildman–Crippen MR) is 144 cm³/mol. The fourth-order valence-corrected chi connectivity index (χ4v) is 4.16. The van der Waals surface area contributed by atoms with Crippen molar-refractivity contribution in [3.63, 3.8) is 0 Å². The van der Waals surface area contributed by atoms with E-state index in [0.717, 1.165) is 39.3 Å². The Kier molecular flexibility index (Phi) is 11.1. The van der Waals surface area contributed by atoms with Gasteiger partial charge in [0.25, 0.3) is 0 Å². The van der Waals surface area contributed by atoms with E-state index in [1.165, 1.54) is 16.7 Å². The first-order chi connectivity index (χ1) is 16.6. The molecule has 4 rings (SSSR count). The van der Waals surface area contributed by atoms with Crippen LogP contribution in [0.5, 0.6) is 0 Å². The van der Waals surface area contributed by atoms with Gasteiger partial charge in [-0.25, -0.2) is 0 Å². The van der Waals surface area contributed by atoms with Crippen LogP contribution in [0, 0.1) is 33.8 Å². The van der Waals surface area contributed by atoms with Crippen LogP contribution in [0.15, 0.2) is 66.9 Å². The van der Waals surface area contributed by atoms with Gasteiger partial charge in [0, 0.05) is 37.6 Å². The normalized spacial score (nSPS) is 12.1.